The second-order valence-electron chi connectivity index (χ2n) is 8.19. The van der Waals surface area contributed by atoms with Crippen LogP contribution in [0.2, 0.25) is 0 Å². The molecule has 0 aromatic heterocycles. The summed E-state index contributed by atoms with van der Waals surface area (Å²) in [6.07, 6.45) is 4.67. The van der Waals surface area contributed by atoms with Crippen molar-refractivity contribution in [3.05, 3.63) is 29.8 Å². The van der Waals surface area contributed by atoms with Crippen molar-refractivity contribution >= 4 is 23.5 Å². The van der Waals surface area contributed by atoms with Gasteiger partial charge in [-0.1, -0.05) is 12.8 Å². The van der Waals surface area contributed by atoms with E-state index in [2.05, 4.69) is 15.1 Å². The van der Waals surface area contributed by atoms with E-state index in [0.29, 0.717) is 30.9 Å². The summed E-state index contributed by atoms with van der Waals surface area (Å²) in [5.74, 6) is -0.218. The van der Waals surface area contributed by atoms with E-state index in [-0.39, 0.29) is 17.8 Å². The topological polar surface area (TPSA) is 82.2 Å². The summed E-state index contributed by atoms with van der Waals surface area (Å²) in [7, 11) is 0. The molecule has 0 atom stereocenters. The Hall–Kier alpha value is -2.45. The summed E-state index contributed by atoms with van der Waals surface area (Å²) in [6.45, 7) is 7.78. The van der Waals surface area contributed by atoms with E-state index in [1.807, 2.05) is 4.90 Å². The molecule has 1 aromatic rings. The van der Waals surface area contributed by atoms with Gasteiger partial charge in [0.25, 0.3) is 0 Å². The van der Waals surface area contributed by atoms with Crippen LogP contribution in [0.15, 0.2) is 24.3 Å². The number of piperazine rings is 1. The molecular formula is C23H34N4O4. The number of rotatable bonds is 7. The van der Waals surface area contributed by atoms with Crippen molar-refractivity contribution in [3.63, 3.8) is 0 Å². The van der Waals surface area contributed by atoms with E-state index >= 15 is 0 Å². The number of benzene rings is 1. The molecule has 8 heteroatoms. The van der Waals surface area contributed by atoms with Crippen LogP contribution in [0.1, 0.15) is 43.0 Å². The summed E-state index contributed by atoms with van der Waals surface area (Å²) in [6, 6.07) is 6.70. The summed E-state index contributed by atoms with van der Waals surface area (Å²) in [4.78, 5) is 42.9. The second-order valence-corrected chi connectivity index (χ2v) is 8.19. The largest absolute Gasteiger partial charge is 0.462 e. The van der Waals surface area contributed by atoms with Crippen LogP contribution in [0.25, 0.3) is 0 Å². The van der Waals surface area contributed by atoms with Crippen molar-refractivity contribution in [2.45, 2.75) is 32.6 Å². The quantitative estimate of drug-likeness (QED) is 0.665. The number of ether oxygens (including phenoxy) is 1. The first-order valence-electron chi connectivity index (χ1n) is 11.3. The van der Waals surface area contributed by atoms with Crippen LogP contribution < -0.4 is 5.32 Å². The molecule has 0 bridgehead atoms. The maximum absolute atomic E-state index is 12.6. The molecule has 3 rings (SSSR count). The normalized spacial score (nSPS) is 18.3. The van der Waals surface area contributed by atoms with Crippen molar-refractivity contribution in [2.24, 2.45) is 0 Å². The van der Waals surface area contributed by atoms with Crippen LogP contribution in [0.5, 0.6) is 0 Å². The molecule has 2 aliphatic rings. The SMILES string of the molecule is CCOC(=O)c1ccc(NC(=O)CN2CCN(CC(=O)N3CCCCCC3)CC2)cc1. The molecule has 0 aliphatic carbocycles. The van der Waals surface area contributed by atoms with Gasteiger partial charge >= 0.3 is 5.97 Å². The van der Waals surface area contributed by atoms with Crippen LogP contribution in [0.4, 0.5) is 5.69 Å². The van der Waals surface area contributed by atoms with Crippen LogP contribution in [0, 0.1) is 0 Å². The lowest BCUT2D eigenvalue weighted by molar-refractivity contribution is -0.133. The third-order valence-corrected chi connectivity index (χ3v) is 5.83. The van der Waals surface area contributed by atoms with Gasteiger partial charge in [0.1, 0.15) is 0 Å². The van der Waals surface area contributed by atoms with Gasteiger partial charge in [0.15, 0.2) is 0 Å². The number of hydrogen-bond acceptors (Lipinski definition) is 6. The first-order chi connectivity index (χ1) is 15.0. The molecule has 0 radical (unpaired) electrons. The maximum Gasteiger partial charge on any atom is 0.338 e. The minimum absolute atomic E-state index is 0.0852. The molecule has 2 heterocycles. The zero-order valence-electron chi connectivity index (χ0n) is 18.5. The van der Waals surface area contributed by atoms with Crippen LogP contribution in [-0.2, 0) is 14.3 Å². The fourth-order valence-electron chi connectivity index (χ4n) is 4.02. The minimum atomic E-state index is -0.368. The fraction of sp³-hybridized carbons (Fsp3) is 0.609. The Balaban J connectivity index is 1.37. The third kappa shape index (κ3) is 7.33. The third-order valence-electron chi connectivity index (χ3n) is 5.83. The number of amides is 2. The average molecular weight is 431 g/mol. The van der Waals surface area contributed by atoms with Crippen LogP contribution >= 0.6 is 0 Å². The predicted molar refractivity (Wildman–Crippen MR) is 119 cm³/mol. The average Bonchev–Trinajstić information content (AvgIpc) is 3.05. The van der Waals surface area contributed by atoms with Gasteiger partial charge in [-0.15, -0.1) is 0 Å². The first kappa shape index (κ1) is 23.2. The Labute approximate surface area is 184 Å². The Bertz CT molecular complexity index is 736. The number of carbonyl (C=O) groups excluding carboxylic acids is 3. The highest BCUT2D eigenvalue weighted by molar-refractivity contribution is 5.94. The van der Waals surface area contributed by atoms with E-state index in [9.17, 15) is 14.4 Å². The molecule has 0 unspecified atom stereocenters. The lowest BCUT2D eigenvalue weighted by Gasteiger charge is -2.35. The number of esters is 1. The van der Waals surface area contributed by atoms with E-state index in [0.717, 1.165) is 52.1 Å². The van der Waals surface area contributed by atoms with Crippen molar-refractivity contribution in [3.8, 4) is 0 Å². The zero-order valence-corrected chi connectivity index (χ0v) is 18.5. The van der Waals surface area contributed by atoms with Gasteiger partial charge in [-0.25, -0.2) is 4.79 Å². The lowest BCUT2D eigenvalue weighted by atomic mass is 10.2. The number of hydrogen-bond donors (Lipinski definition) is 1. The molecule has 170 valence electrons. The van der Waals surface area contributed by atoms with E-state index in [4.69, 9.17) is 4.74 Å². The van der Waals surface area contributed by atoms with Crippen molar-refractivity contribution in [1.82, 2.24) is 14.7 Å². The molecule has 0 spiro atoms. The summed E-state index contributed by atoms with van der Waals surface area (Å²) in [5.41, 5.74) is 1.12. The summed E-state index contributed by atoms with van der Waals surface area (Å²) < 4.78 is 4.96. The maximum atomic E-state index is 12.6. The van der Waals surface area contributed by atoms with Gasteiger partial charge in [0.2, 0.25) is 11.8 Å². The van der Waals surface area contributed by atoms with Crippen molar-refractivity contribution in [2.75, 3.05) is 64.3 Å². The first-order valence-corrected chi connectivity index (χ1v) is 11.3. The van der Waals surface area contributed by atoms with Crippen LogP contribution in [-0.4, -0.2) is 91.4 Å². The lowest BCUT2D eigenvalue weighted by Crippen LogP contribution is -2.51. The van der Waals surface area contributed by atoms with Crippen molar-refractivity contribution < 1.29 is 19.1 Å². The molecule has 0 saturated carbocycles. The number of likely N-dealkylation sites (tertiary alicyclic amines) is 1. The van der Waals surface area contributed by atoms with Gasteiger partial charge in [-0.2, -0.15) is 0 Å². The van der Waals surface area contributed by atoms with Gasteiger partial charge in [-0.05, 0) is 44.0 Å². The molecule has 2 saturated heterocycles. The van der Waals surface area contributed by atoms with Crippen LogP contribution in [0.3, 0.4) is 0 Å². The predicted octanol–water partition coefficient (Wildman–Crippen LogP) is 1.82. The highest BCUT2D eigenvalue weighted by atomic mass is 16.5. The molecule has 1 N–H and O–H groups in total. The Kier molecular flexibility index (Phi) is 8.85. The van der Waals surface area contributed by atoms with E-state index < -0.39 is 0 Å². The van der Waals surface area contributed by atoms with Gasteiger partial charge < -0.3 is 15.0 Å². The number of nitrogens with zero attached hydrogens (tertiary/aromatic N) is 3. The highest BCUT2D eigenvalue weighted by Crippen LogP contribution is 2.12. The molecular weight excluding hydrogens is 396 g/mol. The smallest absolute Gasteiger partial charge is 0.338 e. The molecule has 8 nitrogen and oxygen atoms in total. The number of carbonyl (C=O) groups is 3. The molecule has 2 aliphatic heterocycles. The van der Waals surface area contributed by atoms with E-state index in [1.54, 1.807) is 31.2 Å². The molecule has 31 heavy (non-hydrogen) atoms. The number of nitrogens with one attached hydrogen (secondary N) is 1. The summed E-state index contributed by atoms with van der Waals surface area (Å²) in [5, 5.41) is 2.87. The Morgan fingerprint density at radius 1 is 0.839 bits per heavy atom. The Morgan fingerprint density at radius 3 is 2.00 bits per heavy atom. The fourth-order valence-corrected chi connectivity index (χ4v) is 4.02. The molecule has 1 aromatic carbocycles. The zero-order chi connectivity index (χ0) is 22.1. The molecule has 2 amide bonds. The van der Waals surface area contributed by atoms with E-state index in [1.165, 1.54) is 12.8 Å². The monoisotopic (exact) mass is 430 g/mol. The van der Waals surface area contributed by atoms with Gasteiger partial charge in [0, 0.05) is 45.0 Å². The number of anilines is 1. The second kappa shape index (κ2) is 11.8. The standard InChI is InChI=1S/C23H34N4O4/c1-2-31-23(30)19-7-9-20(10-8-19)24-21(28)17-25-13-15-26(16-14-25)18-22(29)27-11-5-3-4-6-12-27/h7-10H,2-6,11-18H2,1H3,(H,24,28). The highest BCUT2D eigenvalue weighted by Gasteiger charge is 2.23. The minimum Gasteiger partial charge on any atom is -0.462 e. The Morgan fingerprint density at radius 2 is 1.42 bits per heavy atom. The molecule has 2 fully saturated rings. The van der Waals surface area contributed by atoms with Gasteiger partial charge in [-0.3, -0.25) is 19.4 Å². The van der Waals surface area contributed by atoms with Gasteiger partial charge in [0.05, 0.1) is 25.3 Å². The summed E-state index contributed by atoms with van der Waals surface area (Å²) >= 11 is 0. The van der Waals surface area contributed by atoms with Crippen molar-refractivity contribution in [1.29, 1.82) is 0 Å².